The zero-order valence-corrected chi connectivity index (χ0v) is 19.1. The van der Waals surface area contributed by atoms with E-state index in [9.17, 15) is 4.79 Å². The third-order valence-electron chi connectivity index (χ3n) is 3.99. The molecule has 0 fully saturated rings. The van der Waals surface area contributed by atoms with E-state index in [1.165, 1.54) is 0 Å². The summed E-state index contributed by atoms with van der Waals surface area (Å²) in [6.07, 6.45) is 2.83. The van der Waals surface area contributed by atoms with Crippen LogP contribution in [0.5, 0.6) is 0 Å². The molecule has 0 atom stereocenters. The van der Waals surface area contributed by atoms with E-state index >= 15 is 0 Å². The van der Waals surface area contributed by atoms with Crippen LogP contribution in [-0.4, -0.2) is 44.5 Å². The van der Waals surface area contributed by atoms with Crippen molar-refractivity contribution in [3.8, 4) is 0 Å². The maximum Gasteiger partial charge on any atom is 0.287 e. The average Bonchev–Trinajstić information content (AvgIpc) is 3.31. The van der Waals surface area contributed by atoms with Crippen LogP contribution < -0.4 is 10.6 Å². The van der Waals surface area contributed by atoms with Gasteiger partial charge in [0.05, 0.1) is 18.1 Å². The van der Waals surface area contributed by atoms with Crippen LogP contribution in [0.3, 0.4) is 0 Å². The average molecular weight is 481 g/mol. The van der Waals surface area contributed by atoms with Gasteiger partial charge in [0.1, 0.15) is 5.82 Å². The maximum atomic E-state index is 12.1. The highest BCUT2D eigenvalue weighted by atomic mass is 79.9. The lowest BCUT2D eigenvalue weighted by Crippen LogP contribution is -2.27. The number of carbonyl (C=O) groups is 1. The molecule has 156 valence electrons. The summed E-state index contributed by atoms with van der Waals surface area (Å²) in [7, 11) is 0. The molecule has 2 N–H and O–H groups in total. The van der Waals surface area contributed by atoms with Crippen LogP contribution >= 0.6 is 27.7 Å². The summed E-state index contributed by atoms with van der Waals surface area (Å²) in [5, 5.41) is 12.3. The number of hydrogen-bond donors (Lipinski definition) is 2. The molecule has 3 rings (SSSR count). The van der Waals surface area contributed by atoms with Gasteiger partial charge in [-0.3, -0.25) is 4.79 Å². The molecule has 3 heterocycles. The fourth-order valence-electron chi connectivity index (χ4n) is 2.59. The molecular weight excluding hydrogens is 456 g/mol. The van der Waals surface area contributed by atoms with E-state index in [2.05, 4.69) is 57.4 Å². The highest BCUT2D eigenvalue weighted by molar-refractivity contribution is 9.10. The van der Waals surface area contributed by atoms with Gasteiger partial charge in [-0.15, -0.1) is 0 Å². The Morgan fingerprint density at radius 1 is 1.34 bits per heavy atom. The summed E-state index contributed by atoms with van der Waals surface area (Å²) in [6, 6.07) is 3.31. The number of nitrogens with zero attached hydrogens (tertiary/aromatic N) is 4. The van der Waals surface area contributed by atoms with Gasteiger partial charge in [-0.2, -0.15) is 5.10 Å². The molecule has 0 spiro atoms. The maximum absolute atomic E-state index is 12.1. The predicted molar refractivity (Wildman–Crippen MR) is 118 cm³/mol. The zero-order chi connectivity index (χ0) is 20.8. The Labute approximate surface area is 182 Å². The first-order valence-electron chi connectivity index (χ1n) is 9.61. The number of nitrogens with one attached hydrogen (secondary N) is 2. The molecule has 3 aromatic heterocycles. The Kier molecular flexibility index (Phi) is 7.54. The topological polar surface area (TPSA) is 97.9 Å². The molecule has 0 bridgehead atoms. The number of carbonyl (C=O) groups excluding carboxylic acids is 1. The molecule has 0 saturated heterocycles. The van der Waals surface area contributed by atoms with Crippen LogP contribution in [0.4, 0.5) is 5.82 Å². The number of amides is 1. The second kappa shape index (κ2) is 10.1. The molecule has 0 aliphatic heterocycles. The molecule has 0 saturated carbocycles. The van der Waals surface area contributed by atoms with Gasteiger partial charge >= 0.3 is 0 Å². The van der Waals surface area contributed by atoms with Crippen molar-refractivity contribution in [2.45, 2.75) is 38.9 Å². The van der Waals surface area contributed by atoms with E-state index in [4.69, 9.17) is 9.40 Å². The molecule has 0 aliphatic rings. The van der Waals surface area contributed by atoms with E-state index < -0.39 is 0 Å². The first-order chi connectivity index (χ1) is 14.0. The summed E-state index contributed by atoms with van der Waals surface area (Å²) >= 11 is 4.83. The van der Waals surface area contributed by atoms with Crippen molar-refractivity contribution >= 4 is 50.5 Å². The quantitative estimate of drug-likeness (QED) is 0.331. The SMILES string of the molecule is CCCSc1nc(NCC(C)C)c2cnn(CCNC(=O)c3ccc(Br)o3)c2n1. The number of furan rings is 1. The van der Waals surface area contributed by atoms with Crippen LogP contribution in [0.1, 0.15) is 37.7 Å². The van der Waals surface area contributed by atoms with E-state index in [0.29, 0.717) is 23.7 Å². The second-order valence-electron chi connectivity index (χ2n) is 6.94. The fourth-order valence-corrected chi connectivity index (χ4v) is 3.59. The van der Waals surface area contributed by atoms with Gasteiger partial charge in [0.25, 0.3) is 5.91 Å². The third kappa shape index (κ3) is 5.72. The van der Waals surface area contributed by atoms with E-state index in [1.807, 2.05) is 0 Å². The number of aromatic nitrogens is 4. The van der Waals surface area contributed by atoms with Gasteiger partial charge in [0.2, 0.25) is 0 Å². The Morgan fingerprint density at radius 3 is 2.86 bits per heavy atom. The summed E-state index contributed by atoms with van der Waals surface area (Å²) < 4.78 is 7.59. The number of thioether (sulfide) groups is 1. The fraction of sp³-hybridized carbons (Fsp3) is 0.474. The van der Waals surface area contributed by atoms with Crippen LogP contribution in [-0.2, 0) is 6.54 Å². The van der Waals surface area contributed by atoms with Crippen LogP contribution in [0.25, 0.3) is 11.0 Å². The Morgan fingerprint density at radius 2 is 2.17 bits per heavy atom. The summed E-state index contributed by atoms with van der Waals surface area (Å²) in [4.78, 5) is 21.5. The van der Waals surface area contributed by atoms with Crippen molar-refractivity contribution in [2.24, 2.45) is 5.92 Å². The van der Waals surface area contributed by atoms with Crippen molar-refractivity contribution in [3.05, 3.63) is 28.8 Å². The van der Waals surface area contributed by atoms with Crippen LogP contribution in [0.15, 0.2) is 32.6 Å². The van der Waals surface area contributed by atoms with Crippen molar-refractivity contribution < 1.29 is 9.21 Å². The largest absolute Gasteiger partial charge is 0.444 e. The minimum Gasteiger partial charge on any atom is -0.444 e. The number of hydrogen-bond acceptors (Lipinski definition) is 7. The Balaban J connectivity index is 1.74. The Bertz CT molecular complexity index is 971. The van der Waals surface area contributed by atoms with E-state index in [0.717, 1.165) is 40.7 Å². The zero-order valence-electron chi connectivity index (χ0n) is 16.7. The lowest BCUT2D eigenvalue weighted by molar-refractivity contribution is 0.0923. The molecule has 1 amide bonds. The molecule has 0 unspecified atom stereocenters. The van der Waals surface area contributed by atoms with Gasteiger partial charge in [0, 0.05) is 18.8 Å². The predicted octanol–water partition coefficient (Wildman–Crippen LogP) is 4.18. The van der Waals surface area contributed by atoms with Crippen molar-refractivity contribution in [2.75, 3.05) is 24.2 Å². The molecule has 29 heavy (non-hydrogen) atoms. The van der Waals surface area contributed by atoms with Gasteiger partial charge in [-0.25, -0.2) is 14.6 Å². The standard InChI is InChI=1S/C19H25BrN6O2S/c1-4-9-29-19-24-16(22-10-12(2)3)13-11-23-26(17(13)25-19)8-7-21-18(27)14-5-6-15(20)28-14/h5-6,11-12H,4,7-10H2,1-3H3,(H,21,27)(H,22,24,25). The van der Waals surface area contributed by atoms with Crippen molar-refractivity contribution in [1.82, 2.24) is 25.1 Å². The molecule has 3 aromatic rings. The summed E-state index contributed by atoms with van der Waals surface area (Å²) in [5.41, 5.74) is 0.764. The second-order valence-corrected chi connectivity index (χ2v) is 8.79. The number of halogens is 1. The number of rotatable bonds is 10. The molecule has 0 aromatic carbocycles. The normalized spacial score (nSPS) is 11.3. The van der Waals surface area contributed by atoms with Crippen molar-refractivity contribution in [1.29, 1.82) is 0 Å². The lowest BCUT2D eigenvalue weighted by Gasteiger charge is -2.11. The number of anilines is 1. The lowest BCUT2D eigenvalue weighted by atomic mass is 10.2. The van der Waals surface area contributed by atoms with E-state index in [1.54, 1.807) is 34.8 Å². The smallest absolute Gasteiger partial charge is 0.287 e. The molecule has 10 heteroatoms. The van der Waals surface area contributed by atoms with Gasteiger partial charge in [0.15, 0.2) is 21.2 Å². The number of fused-ring (bicyclic) bond motifs is 1. The van der Waals surface area contributed by atoms with Crippen molar-refractivity contribution in [3.63, 3.8) is 0 Å². The van der Waals surface area contributed by atoms with Crippen LogP contribution in [0, 0.1) is 5.92 Å². The Hall–Kier alpha value is -2.07. The van der Waals surface area contributed by atoms with Crippen LogP contribution in [0.2, 0.25) is 0 Å². The minimum absolute atomic E-state index is 0.264. The first kappa shape index (κ1) is 21.6. The third-order valence-corrected chi connectivity index (χ3v) is 5.47. The van der Waals surface area contributed by atoms with Gasteiger partial charge in [-0.1, -0.05) is 32.5 Å². The highest BCUT2D eigenvalue weighted by Gasteiger charge is 2.15. The molecule has 0 radical (unpaired) electrons. The molecule has 8 nitrogen and oxygen atoms in total. The van der Waals surface area contributed by atoms with Gasteiger partial charge in [-0.05, 0) is 40.4 Å². The molecular formula is C19H25BrN6O2S. The van der Waals surface area contributed by atoms with Gasteiger partial charge < -0.3 is 15.1 Å². The minimum atomic E-state index is -0.264. The summed E-state index contributed by atoms with van der Waals surface area (Å²) in [6.45, 7) is 8.17. The highest BCUT2D eigenvalue weighted by Crippen LogP contribution is 2.25. The monoisotopic (exact) mass is 480 g/mol. The summed E-state index contributed by atoms with van der Waals surface area (Å²) in [5.74, 6) is 2.26. The molecule has 0 aliphatic carbocycles. The first-order valence-corrected chi connectivity index (χ1v) is 11.4. The van der Waals surface area contributed by atoms with E-state index in [-0.39, 0.29) is 11.7 Å².